The number of benzene rings is 2. The Balaban J connectivity index is 1.88. The van der Waals surface area contributed by atoms with Crippen LogP contribution in [0.2, 0.25) is 0 Å². The van der Waals surface area contributed by atoms with Crippen LogP contribution in [-0.4, -0.2) is 29.6 Å². The molecule has 0 saturated carbocycles. The standard InChI is InChI=1S/C21H23N3O4S/c1-4-13-27-16-11-9-15(10-12-16)19(25)23-24-21(29)22-20(26)17-7-5-6-8-18(17)28-14(2)3/h4-12,14H,1,13H2,2-3H3,(H,23,25)(H2,22,24,26,29). The van der Waals surface area contributed by atoms with Crippen molar-refractivity contribution in [3.63, 3.8) is 0 Å². The van der Waals surface area contributed by atoms with Crippen LogP contribution in [-0.2, 0) is 0 Å². The smallest absolute Gasteiger partial charge is 0.269 e. The van der Waals surface area contributed by atoms with E-state index in [4.69, 9.17) is 21.7 Å². The van der Waals surface area contributed by atoms with Gasteiger partial charge in [0, 0.05) is 5.56 Å². The minimum absolute atomic E-state index is 0.0476. The normalized spacial score (nSPS) is 10.0. The third kappa shape index (κ3) is 6.93. The first-order chi connectivity index (χ1) is 13.9. The number of rotatable bonds is 7. The summed E-state index contributed by atoms with van der Waals surface area (Å²) in [7, 11) is 0. The number of hydrogen-bond acceptors (Lipinski definition) is 5. The molecule has 0 aliphatic rings. The molecule has 0 heterocycles. The predicted molar refractivity (Wildman–Crippen MR) is 115 cm³/mol. The summed E-state index contributed by atoms with van der Waals surface area (Å²) in [5, 5.41) is 2.46. The van der Waals surface area contributed by atoms with Crippen molar-refractivity contribution in [1.82, 2.24) is 16.2 Å². The SMILES string of the molecule is C=CCOc1ccc(C(=O)NNC(=S)NC(=O)c2ccccc2OC(C)C)cc1. The molecule has 0 bridgehead atoms. The zero-order chi connectivity index (χ0) is 21.2. The lowest BCUT2D eigenvalue weighted by molar-refractivity contribution is 0.0933. The van der Waals surface area contributed by atoms with E-state index in [9.17, 15) is 9.59 Å². The average Bonchev–Trinajstić information content (AvgIpc) is 2.70. The van der Waals surface area contributed by atoms with Crippen molar-refractivity contribution < 1.29 is 19.1 Å². The molecule has 0 fully saturated rings. The largest absolute Gasteiger partial charge is 0.490 e. The zero-order valence-electron chi connectivity index (χ0n) is 16.2. The van der Waals surface area contributed by atoms with Crippen molar-refractivity contribution in [1.29, 1.82) is 0 Å². The molecule has 0 atom stereocenters. The number of ether oxygens (including phenoxy) is 2. The number of amides is 2. The van der Waals surface area contributed by atoms with E-state index in [0.717, 1.165) is 0 Å². The van der Waals surface area contributed by atoms with E-state index >= 15 is 0 Å². The highest BCUT2D eigenvalue weighted by atomic mass is 32.1. The number of hydrazine groups is 1. The van der Waals surface area contributed by atoms with Crippen LogP contribution in [0.15, 0.2) is 61.2 Å². The molecule has 2 aromatic carbocycles. The van der Waals surface area contributed by atoms with E-state index < -0.39 is 11.8 Å². The molecule has 0 saturated heterocycles. The Morgan fingerprint density at radius 1 is 1.07 bits per heavy atom. The quantitative estimate of drug-likeness (QED) is 0.367. The van der Waals surface area contributed by atoms with Gasteiger partial charge in [-0.2, -0.15) is 0 Å². The van der Waals surface area contributed by atoms with Gasteiger partial charge in [0.25, 0.3) is 11.8 Å². The second-order valence-corrected chi connectivity index (χ2v) is 6.56. The van der Waals surface area contributed by atoms with Gasteiger partial charge in [0.1, 0.15) is 18.1 Å². The van der Waals surface area contributed by atoms with E-state index in [0.29, 0.717) is 29.2 Å². The molecule has 2 amide bonds. The molecule has 0 radical (unpaired) electrons. The third-order valence-electron chi connectivity index (χ3n) is 3.50. The highest BCUT2D eigenvalue weighted by Crippen LogP contribution is 2.19. The van der Waals surface area contributed by atoms with Crippen molar-refractivity contribution in [2.45, 2.75) is 20.0 Å². The Kier molecular flexibility index (Phi) is 8.17. The van der Waals surface area contributed by atoms with Crippen LogP contribution in [0.5, 0.6) is 11.5 Å². The van der Waals surface area contributed by atoms with Gasteiger partial charge in [0.05, 0.1) is 11.7 Å². The fraction of sp³-hybridized carbons (Fsp3) is 0.190. The Bertz CT molecular complexity index is 882. The molecule has 2 aromatic rings. The molecule has 0 unspecified atom stereocenters. The maximum absolute atomic E-state index is 12.4. The van der Waals surface area contributed by atoms with E-state index in [1.807, 2.05) is 13.8 Å². The van der Waals surface area contributed by atoms with Crippen molar-refractivity contribution in [3.05, 3.63) is 72.3 Å². The lowest BCUT2D eigenvalue weighted by atomic mass is 10.2. The molecular weight excluding hydrogens is 390 g/mol. The minimum atomic E-state index is -0.447. The van der Waals surface area contributed by atoms with Gasteiger partial charge >= 0.3 is 0 Å². The molecule has 7 nitrogen and oxygen atoms in total. The van der Waals surface area contributed by atoms with Gasteiger partial charge in [-0.15, -0.1) is 0 Å². The van der Waals surface area contributed by atoms with Crippen LogP contribution in [0, 0.1) is 0 Å². The predicted octanol–water partition coefficient (Wildman–Crippen LogP) is 2.99. The Morgan fingerprint density at radius 2 is 1.76 bits per heavy atom. The molecule has 0 aromatic heterocycles. The first-order valence-electron chi connectivity index (χ1n) is 8.91. The fourth-order valence-corrected chi connectivity index (χ4v) is 2.40. The lowest BCUT2D eigenvalue weighted by Gasteiger charge is -2.15. The third-order valence-corrected chi connectivity index (χ3v) is 3.70. The van der Waals surface area contributed by atoms with Gasteiger partial charge in [0.15, 0.2) is 5.11 Å². The second-order valence-electron chi connectivity index (χ2n) is 6.15. The molecule has 8 heteroatoms. The molecule has 152 valence electrons. The summed E-state index contributed by atoms with van der Waals surface area (Å²) in [5.74, 6) is 0.210. The van der Waals surface area contributed by atoms with Crippen molar-refractivity contribution in [2.24, 2.45) is 0 Å². The minimum Gasteiger partial charge on any atom is -0.490 e. The molecule has 29 heavy (non-hydrogen) atoms. The summed E-state index contributed by atoms with van der Waals surface area (Å²) in [5.41, 5.74) is 5.67. The van der Waals surface area contributed by atoms with Crippen LogP contribution < -0.4 is 25.6 Å². The van der Waals surface area contributed by atoms with E-state index in [-0.39, 0.29) is 11.2 Å². The van der Waals surface area contributed by atoms with Crippen LogP contribution in [0.4, 0.5) is 0 Å². The molecule has 0 aliphatic carbocycles. The summed E-state index contributed by atoms with van der Waals surface area (Å²) in [6.07, 6.45) is 1.55. The number of hydrogen-bond donors (Lipinski definition) is 3. The number of para-hydroxylation sites is 1. The second kappa shape index (κ2) is 10.8. The van der Waals surface area contributed by atoms with Crippen molar-refractivity contribution >= 4 is 29.1 Å². The summed E-state index contributed by atoms with van der Waals surface area (Å²) in [6.45, 7) is 7.69. The number of carbonyl (C=O) groups is 2. The van der Waals surface area contributed by atoms with Crippen LogP contribution in [0.3, 0.4) is 0 Å². The topological polar surface area (TPSA) is 88.7 Å². The average molecular weight is 413 g/mol. The first kappa shape index (κ1) is 21.9. The number of nitrogens with one attached hydrogen (secondary N) is 3. The van der Waals surface area contributed by atoms with Gasteiger partial charge in [-0.1, -0.05) is 24.8 Å². The molecule has 0 aliphatic heterocycles. The summed E-state index contributed by atoms with van der Waals surface area (Å²) in [4.78, 5) is 24.6. The van der Waals surface area contributed by atoms with Gasteiger partial charge in [-0.25, -0.2) is 0 Å². The number of thiocarbonyl (C=S) groups is 1. The monoisotopic (exact) mass is 413 g/mol. The highest BCUT2D eigenvalue weighted by molar-refractivity contribution is 7.80. The van der Waals surface area contributed by atoms with Gasteiger partial charge in [-0.05, 0) is 62.5 Å². The van der Waals surface area contributed by atoms with Crippen LogP contribution in [0.1, 0.15) is 34.6 Å². The number of carbonyl (C=O) groups excluding carboxylic acids is 2. The summed E-state index contributed by atoms with van der Waals surface area (Å²) in [6, 6.07) is 13.4. The van der Waals surface area contributed by atoms with Gasteiger partial charge in [-0.3, -0.25) is 25.8 Å². The zero-order valence-corrected chi connectivity index (χ0v) is 17.0. The van der Waals surface area contributed by atoms with E-state index in [2.05, 4.69) is 22.7 Å². The van der Waals surface area contributed by atoms with Gasteiger partial charge < -0.3 is 9.47 Å². The molecular formula is C21H23N3O4S. The summed E-state index contributed by atoms with van der Waals surface area (Å²) < 4.78 is 11.0. The van der Waals surface area contributed by atoms with E-state index in [1.165, 1.54) is 0 Å². The van der Waals surface area contributed by atoms with Crippen molar-refractivity contribution in [2.75, 3.05) is 6.61 Å². The van der Waals surface area contributed by atoms with Crippen LogP contribution >= 0.6 is 12.2 Å². The van der Waals surface area contributed by atoms with Crippen molar-refractivity contribution in [3.8, 4) is 11.5 Å². The maximum Gasteiger partial charge on any atom is 0.269 e. The first-order valence-corrected chi connectivity index (χ1v) is 9.32. The van der Waals surface area contributed by atoms with E-state index in [1.54, 1.807) is 54.6 Å². The lowest BCUT2D eigenvalue weighted by Crippen LogP contribution is -2.48. The molecule has 2 rings (SSSR count). The summed E-state index contributed by atoms with van der Waals surface area (Å²) >= 11 is 5.07. The Labute approximate surface area is 175 Å². The highest BCUT2D eigenvalue weighted by Gasteiger charge is 2.15. The Morgan fingerprint density at radius 3 is 2.41 bits per heavy atom. The fourth-order valence-electron chi connectivity index (χ4n) is 2.26. The molecule has 3 N–H and O–H groups in total. The molecule has 0 spiro atoms. The van der Waals surface area contributed by atoms with Gasteiger partial charge in [0.2, 0.25) is 0 Å². The maximum atomic E-state index is 12.4. The van der Waals surface area contributed by atoms with Crippen LogP contribution in [0.25, 0.3) is 0 Å². The Hall–Kier alpha value is -3.39.